The lowest BCUT2D eigenvalue weighted by atomic mass is 9.93. The van der Waals surface area contributed by atoms with Crippen LogP contribution in [0.25, 0.3) is 0 Å². The first kappa shape index (κ1) is 16.6. The van der Waals surface area contributed by atoms with Crippen molar-refractivity contribution in [2.75, 3.05) is 19.6 Å². The van der Waals surface area contributed by atoms with E-state index in [1.165, 1.54) is 0 Å². The Hall–Kier alpha value is -1.43. The van der Waals surface area contributed by atoms with Crippen LogP contribution in [-0.2, 0) is 0 Å². The summed E-state index contributed by atoms with van der Waals surface area (Å²) in [5, 5.41) is 6.86. The van der Waals surface area contributed by atoms with Crippen LogP contribution in [0.15, 0.2) is 0 Å². The third-order valence-electron chi connectivity index (χ3n) is 3.19. The lowest BCUT2D eigenvalue weighted by Crippen LogP contribution is -2.42. The molecule has 1 rings (SSSR count). The van der Waals surface area contributed by atoms with E-state index < -0.39 is 0 Å². The topological polar surface area (TPSA) is 87.9 Å². The van der Waals surface area contributed by atoms with E-state index in [0.29, 0.717) is 19.6 Å². The SMILES string of the molecule is CCCN(CC(C)(C)CN)C(=O)c1n[nH]c(C(C)C)n1. The first-order valence-corrected chi connectivity index (χ1v) is 7.22. The zero-order valence-electron chi connectivity index (χ0n) is 13.2. The number of hydrogen-bond donors (Lipinski definition) is 2. The summed E-state index contributed by atoms with van der Waals surface area (Å²) < 4.78 is 0. The minimum Gasteiger partial charge on any atom is -0.335 e. The molecule has 6 heteroatoms. The van der Waals surface area contributed by atoms with Gasteiger partial charge in [-0.3, -0.25) is 9.89 Å². The van der Waals surface area contributed by atoms with Gasteiger partial charge in [0.25, 0.3) is 5.91 Å². The van der Waals surface area contributed by atoms with Gasteiger partial charge < -0.3 is 10.6 Å². The number of carbonyl (C=O) groups is 1. The molecule has 1 amide bonds. The summed E-state index contributed by atoms with van der Waals surface area (Å²) in [6, 6.07) is 0. The third-order valence-corrected chi connectivity index (χ3v) is 3.19. The van der Waals surface area contributed by atoms with Gasteiger partial charge in [-0.25, -0.2) is 4.98 Å². The number of aromatic nitrogens is 3. The summed E-state index contributed by atoms with van der Waals surface area (Å²) >= 11 is 0. The Balaban J connectivity index is 2.87. The molecule has 0 aliphatic rings. The molecule has 0 saturated heterocycles. The fourth-order valence-corrected chi connectivity index (χ4v) is 1.87. The second-order valence-corrected chi connectivity index (χ2v) is 6.29. The Kier molecular flexibility index (Phi) is 5.68. The molecule has 0 spiro atoms. The molecule has 0 radical (unpaired) electrons. The highest BCUT2D eigenvalue weighted by molar-refractivity contribution is 5.90. The van der Waals surface area contributed by atoms with E-state index in [1.54, 1.807) is 4.90 Å². The Labute approximate surface area is 121 Å². The molecule has 0 fully saturated rings. The van der Waals surface area contributed by atoms with Gasteiger partial charge in [0.05, 0.1) is 0 Å². The first-order valence-electron chi connectivity index (χ1n) is 7.22. The second kappa shape index (κ2) is 6.83. The van der Waals surface area contributed by atoms with Crippen LogP contribution in [0.2, 0.25) is 0 Å². The Bertz CT molecular complexity index is 439. The smallest absolute Gasteiger partial charge is 0.293 e. The fraction of sp³-hybridized carbons (Fsp3) is 0.786. The van der Waals surface area contributed by atoms with Crippen LogP contribution in [0.1, 0.15) is 63.4 Å². The molecule has 1 aromatic rings. The molecule has 1 heterocycles. The number of nitrogens with one attached hydrogen (secondary N) is 1. The molecule has 0 unspecified atom stereocenters. The van der Waals surface area contributed by atoms with Crippen molar-refractivity contribution in [1.29, 1.82) is 0 Å². The molecule has 0 aliphatic heterocycles. The Morgan fingerprint density at radius 2 is 2.10 bits per heavy atom. The lowest BCUT2D eigenvalue weighted by molar-refractivity contribution is 0.0677. The van der Waals surface area contributed by atoms with Gasteiger partial charge in [-0.1, -0.05) is 34.6 Å². The molecular formula is C14H27N5O. The highest BCUT2D eigenvalue weighted by Crippen LogP contribution is 2.17. The van der Waals surface area contributed by atoms with Crippen molar-refractivity contribution in [2.45, 2.75) is 47.0 Å². The molecule has 0 bridgehead atoms. The molecule has 0 aliphatic carbocycles. The van der Waals surface area contributed by atoms with Crippen molar-refractivity contribution >= 4 is 5.91 Å². The van der Waals surface area contributed by atoms with Gasteiger partial charge in [0.15, 0.2) is 0 Å². The molecular weight excluding hydrogens is 254 g/mol. The average Bonchev–Trinajstić information content (AvgIpc) is 2.87. The summed E-state index contributed by atoms with van der Waals surface area (Å²) in [7, 11) is 0. The first-order chi connectivity index (χ1) is 9.30. The number of hydrogen-bond acceptors (Lipinski definition) is 4. The number of amides is 1. The normalized spacial score (nSPS) is 11.9. The number of nitrogens with two attached hydrogens (primary N) is 1. The number of rotatable bonds is 7. The fourth-order valence-electron chi connectivity index (χ4n) is 1.87. The van der Waals surface area contributed by atoms with Crippen molar-refractivity contribution in [3.05, 3.63) is 11.6 Å². The number of aromatic amines is 1. The maximum Gasteiger partial charge on any atom is 0.293 e. The predicted octanol–water partition coefficient (Wildman–Crippen LogP) is 1.77. The third kappa shape index (κ3) is 4.30. The van der Waals surface area contributed by atoms with Gasteiger partial charge in [-0.05, 0) is 18.4 Å². The maximum atomic E-state index is 12.5. The average molecular weight is 281 g/mol. The van der Waals surface area contributed by atoms with Crippen LogP contribution < -0.4 is 5.73 Å². The molecule has 1 aromatic heterocycles. The van der Waals surface area contributed by atoms with E-state index in [-0.39, 0.29) is 23.1 Å². The van der Waals surface area contributed by atoms with Gasteiger partial charge in [0, 0.05) is 19.0 Å². The van der Waals surface area contributed by atoms with E-state index in [0.717, 1.165) is 12.2 Å². The van der Waals surface area contributed by atoms with Crippen LogP contribution in [0.5, 0.6) is 0 Å². The zero-order valence-corrected chi connectivity index (χ0v) is 13.2. The van der Waals surface area contributed by atoms with Crippen LogP contribution in [0.4, 0.5) is 0 Å². The minimum atomic E-state index is -0.128. The molecule has 3 N–H and O–H groups in total. The standard InChI is InChI=1S/C14H27N5O/c1-6-7-19(9-14(4,5)8-15)13(20)12-16-11(10(2)3)17-18-12/h10H,6-9,15H2,1-5H3,(H,16,17,18). The van der Waals surface area contributed by atoms with Gasteiger partial charge in [-0.2, -0.15) is 0 Å². The molecule has 0 saturated carbocycles. The van der Waals surface area contributed by atoms with Gasteiger partial charge >= 0.3 is 0 Å². The number of nitrogens with zero attached hydrogens (tertiary/aromatic N) is 3. The van der Waals surface area contributed by atoms with Crippen LogP contribution in [0.3, 0.4) is 0 Å². The van der Waals surface area contributed by atoms with Gasteiger partial charge in [-0.15, -0.1) is 5.10 Å². The van der Waals surface area contributed by atoms with E-state index in [9.17, 15) is 4.79 Å². The molecule has 0 aromatic carbocycles. The van der Waals surface area contributed by atoms with Crippen LogP contribution >= 0.6 is 0 Å². The summed E-state index contributed by atoms with van der Waals surface area (Å²) in [5.41, 5.74) is 5.65. The summed E-state index contributed by atoms with van der Waals surface area (Å²) in [6.45, 7) is 12.0. The van der Waals surface area contributed by atoms with E-state index >= 15 is 0 Å². The lowest BCUT2D eigenvalue weighted by Gasteiger charge is -2.31. The summed E-state index contributed by atoms with van der Waals surface area (Å²) in [5.74, 6) is 1.08. The summed E-state index contributed by atoms with van der Waals surface area (Å²) in [6.07, 6.45) is 0.897. The van der Waals surface area contributed by atoms with Crippen molar-refractivity contribution < 1.29 is 4.79 Å². The highest BCUT2D eigenvalue weighted by atomic mass is 16.2. The largest absolute Gasteiger partial charge is 0.335 e. The summed E-state index contributed by atoms with van der Waals surface area (Å²) in [4.78, 5) is 18.6. The van der Waals surface area contributed by atoms with Crippen molar-refractivity contribution in [1.82, 2.24) is 20.1 Å². The molecule has 6 nitrogen and oxygen atoms in total. The highest BCUT2D eigenvalue weighted by Gasteiger charge is 2.26. The van der Waals surface area contributed by atoms with E-state index in [1.807, 2.05) is 20.8 Å². The van der Waals surface area contributed by atoms with Crippen LogP contribution in [-0.4, -0.2) is 45.6 Å². The quantitative estimate of drug-likeness (QED) is 0.797. The van der Waals surface area contributed by atoms with Crippen molar-refractivity contribution in [2.24, 2.45) is 11.1 Å². The predicted molar refractivity (Wildman–Crippen MR) is 79.5 cm³/mol. The van der Waals surface area contributed by atoms with Gasteiger partial charge in [0.1, 0.15) is 5.82 Å². The Morgan fingerprint density at radius 3 is 2.55 bits per heavy atom. The molecule has 20 heavy (non-hydrogen) atoms. The monoisotopic (exact) mass is 281 g/mol. The second-order valence-electron chi connectivity index (χ2n) is 6.29. The molecule has 0 atom stereocenters. The van der Waals surface area contributed by atoms with Gasteiger partial charge in [0.2, 0.25) is 5.82 Å². The van der Waals surface area contributed by atoms with Crippen molar-refractivity contribution in [3.63, 3.8) is 0 Å². The Morgan fingerprint density at radius 1 is 1.45 bits per heavy atom. The number of carbonyl (C=O) groups excluding carboxylic acids is 1. The zero-order chi connectivity index (χ0) is 15.3. The van der Waals surface area contributed by atoms with E-state index in [2.05, 4.69) is 29.0 Å². The minimum absolute atomic E-state index is 0.109. The van der Waals surface area contributed by atoms with Crippen molar-refractivity contribution in [3.8, 4) is 0 Å². The van der Waals surface area contributed by atoms with E-state index in [4.69, 9.17) is 5.73 Å². The molecule has 114 valence electrons. The van der Waals surface area contributed by atoms with Crippen LogP contribution in [0, 0.1) is 5.41 Å². The number of H-pyrrole nitrogens is 1. The maximum absolute atomic E-state index is 12.5.